The fourth-order valence-corrected chi connectivity index (χ4v) is 3.82. The van der Waals surface area contributed by atoms with E-state index in [4.69, 9.17) is 0 Å². The lowest BCUT2D eigenvalue weighted by molar-refractivity contribution is 0.0938. The fourth-order valence-electron chi connectivity index (χ4n) is 2.86. The van der Waals surface area contributed by atoms with Gasteiger partial charge in [0.1, 0.15) is 0 Å². The highest BCUT2D eigenvalue weighted by atomic mass is 32.1. The van der Waals surface area contributed by atoms with Crippen LogP contribution in [-0.2, 0) is 7.05 Å². The minimum Gasteiger partial charge on any atom is -0.345 e. The number of carbonyl (C=O) groups is 1. The molecular formula is C20H23N3OS. The second-order valence-electron chi connectivity index (χ2n) is 6.08. The van der Waals surface area contributed by atoms with Gasteiger partial charge in [0.2, 0.25) is 0 Å². The van der Waals surface area contributed by atoms with Crippen molar-refractivity contribution in [1.82, 2.24) is 15.1 Å². The second kappa shape index (κ2) is 8.12. The third kappa shape index (κ3) is 4.17. The smallest absolute Gasteiger partial charge is 0.261 e. The van der Waals surface area contributed by atoms with E-state index in [1.54, 1.807) is 6.20 Å². The maximum Gasteiger partial charge on any atom is 0.261 e. The van der Waals surface area contributed by atoms with Crippen LogP contribution in [0.3, 0.4) is 0 Å². The van der Waals surface area contributed by atoms with E-state index in [9.17, 15) is 4.79 Å². The molecule has 3 rings (SSSR count). The minimum atomic E-state index is -0.0108. The van der Waals surface area contributed by atoms with E-state index in [1.165, 1.54) is 11.3 Å². The molecule has 130 valence electrons. The number of nitrogens with one attached hydrogen (secondary N) is 1. The summed E-state index contributed by atoms with van der Waals surface area (Å²) >= 11 is 1.50. The zero-order valence-corrected chi connectivity index (χ0v) is 15.4. The lowest BCUT2D eigenvalue weighted by atomic mass is 10.0. The number of aromatic nitrogens is 2. The van der Waals surface area contributed by atoms with Crippen LogP contribution in [0.15, 0.2) is 54.7 Å². The topological polar surface area (TPSA) is 46.9 Å². The van der Waals surface area contributed by atoms with Crippen molar-refractivity contribution in [3.8, 4) is 10.6 Å². The second-order valence-corrected chi connectivity index (χ2v) is 7.17. The average molecular weight is 353 g/mol. The Kier molecular flexibility index (Phi) is 5.66. The molecule has 1 aromatic carbocycles. The Morgan fingerprint density at radius 2 is 2.00 bits per heavy atom. The number of nitrogens with zero attached hydrogens (tertiary/aromatic N) is 2. The first-order valence-electron chi connectivity index (χ1n) is 8.63. The van der Waals surface area contributed by atoms with Crippen LogP contribution in [0.4, 0.5) is 0 Å². The summed E-state index contributed by atoms with van der Waals surface area (Å²) in [5.41, 5.74) is 2.18. The first-order chi connectivity index (χ1) is 12.2. The lowest BCUT2D eigenvalue weighted by Crippen LogP contribution is -2.27. The Balaban J connectivity index is 1.75. The monoisotopic (exact) mass is 353 g/mol. The zero-order valence-electron chi connectivity index (χ0n) is 14.6. The molecule has 0 fully saturated rings. The SMILES string of the molecule is CCCCC(NC(=O)c1ccc(-c2ccnn2C)s1)c1ccccc1. The molecule has 0 bridgehead atoms. The Bertz CT molecular complexity index is 822. The Hall–Kier alpha value is -2.40. The average Bonchev–Trinajstić information content (AvgIpc) is 3.28. The molecule has 0 radical (unpaired) electrons. The normalized spacial score (nSPS) is 12.1. The van der Waals surface area contributed by atoms with E-state index >= 15 is 0 Å². The van der Waals surface area contributed by atoms with Crippen LogP contribution >= 0.6 is 11.3 Å². The van der Waals surface area contributed by atoms with Crippen molar-refractivity contribution in [1.29, 1.82) is 0 Å². The summed E-state index contributed by atoms with van der Waals surface area (Å²) in [6.07, 6.45) is 4.92. The number of carbonyl (C=O) groups excluding carboxylic acids is 1. The van der Waals surface area contributed by atoms with Crippen LogP contribution in [-0.4, -0.2) is 15.7 Å². The van der Waals surface area contributed by atoms with Crippen LogP contribution in [0.5, 0.6) is 0 Å². The molecule has 1 unspecified atom stereocenters. The van der Waals surface area contributed by atoms with Gasteiger partial charge in [0.05, 0.1) is 21.5 Å². The van der Waals surface area contributed by atoms with Gasteiger partial charge < -0.3 is 5.32 Å². The first-order valence-corrected chi connectivity index (χ1v) is 9.44. The number of hydrogen-bond acceptors (Lipinski definition) is 3. The van der Waals surface area contributed by atoms with Gasteiger partial charge in [-0.25, -0.2) is 0 Å². The summed E-state index contributed by atoms with van der Waals surface area (Å²) in [7, 11) is 1.91. The summed E-state index contributed by atoms with van der Waals surface area (Å²) in [5, 5.41) is 7.40. The maximum absolute atomic E-state index is 12.7. The van der Waals surface area contributed by atoms with Gasteiger partial charge in [-0.1, -0.05) is 50.1 Å². The molecule has 2 aromatic heterocycles. The summed E-state index contributed by atoms with van der Waals surface area (Å²) in [4.78, 5) is 14.5. The van der Waals surface area contributed by atoms with E-state index in [-0.39, 0.29) is 11.9 Å². The summed E-state index contributed by atoms with van der Waals surface area (Å²) in [6.45, 7) is 2.17. The van der Waals surface area contributed by atoms with Gasteiger partial charge in [-0.15, -0.1) is 11.3 Å². The quantitative estimate of drug-likeness (QED) is 0.662. The van der Waals surface area contributed by atoms with Crippen LogP contribution < -0.4 is 5.32 Å². The third-order valence-corrected chi connectivity index (χ3v) is 5.36. The number of aryl methyl sites for hydroxylation is 1. The summed E-state index contributed by atoms with van der Waals surface area (Å²) < 4.78 is 1.82. The van der Waals surface area contributed by atoms with Crippen LogP contribution in [0.2, 0.25) is 0 Å². The summed E-state index contributed by atoms with van der Waals surface area (Å²) in [5.74, 6) is -0.0108. The van der Waals surface area contributed by atoms with Crippen molar-refractivity contribution in [3.63, 3.8) is 0 Å². The third-order valence-electron chi connectivity index (χ3n) is 4.26. The molecule has 0 aliphatic rings. The molecule has 3 aromatic rings. The van der Waals surface area contributed by atoms with Crippen LogP contribution in [0.25, 0.3) is 10.6 Å². The number of rotatable bonds is 7. The van der Waals surface area contributed by atoms with E-state index in [2.05, 4.69) is 29.5 Å². The fraction of sp³-hybridized carbons (Fsp3) is 0.300. The molecule has 0 spiro atoms. The molecule has 4 nitrogen and oxygen atoms in total. The van der Waals surface area contributed by atoms with Crippen molar-refractivity contribution in [2.75, 3.05) is 0 Å². The molecule has 0 saturated heterocycles. The molecule has 1 N–H and O–H groups in total. The van der Waals surface area contributed by atoms with Crippen molar-refractivity contribution >= 4 is 17.2 Å². The van der Waals surface area contributed by atoms with Gasteiger partial charge in [0.15, 0.2) is 0 Å². The number of hydrogen-bond donors (Lipinski definition) is 1. The van der Waals surface area contributed by atoms with E-state index in [0.29, 0.717) is 0 Å². The molecule has 2 heterocycles. The van der Waals surface area contributed by atoms with Gasteiger partial charge >= 0.3 is 0 Å². The van der Waals surface area contributed by atoms with Gasteiger partial charge in [-0.3, -0.25) is 9.48 Å². The molecule has 1 atom stereocenters. The minimum absolute atomic E-state index is 0.0108. The standard InChI is InChI=1S/C20H23N3OS/c1-3-4-10-16(15-8-6-5-7-9-15)22-20(24)19-12-11-18(25-19)17-13-14-21-23(17)2/h5-9,11-14,16H,3-4,10H2,1-2H3,(H,22,24). The van der Waals surface area contributed by atoms with Gasteiger partial charge in [-0.2, -0.15) is 5.10 Å². The molecule has 0 aliphatic carbocycles. The summed E-state index contributed by atoms with van der Waals surface area (Å²) in [6, 6.07) is 16.1. The maximum atomic E-state index is 12.7. The molecule has 25 heavy (non-hydrogen) atoms. The van der Waals surface area contributed by atoms with Crippen molar-refractivity contribution in [3.05, 3.63) is 65.2 Å². The highest BCUT2D eigenvalue weighted by molar-refractivity contribution is 7.17. The number of unbranched alkanes of at least 4 members (excludes halogenated alkanes) is 1. The Morgan fingerprint density at radius 3 is 2.68 bits per heavy atom. The molecule has 0 aliphatic heterocycles. The zero-order chi connectivity index (χ0) is 17.6. The lowest BCUT2D eigenvalue weighted by Gasteiger charge is -2.18. The molecule has 0 saturated carbocycles. The largest absolute Gasteiger partial charge is 0.345 e. The van der Waals surface area contributed by atoms with E-state index < -0.39 is 0 Å². The van der Waals surface area contributed by atoms with Crippen molar-refractivity contribution < 1.29 is 4.79 Å². The molecular weight excluding hydrogens is 330 g/mol. The van der Waals surface area contributed by atoms with Crippen molar-refractivity contribution in [2.24, 2.45) is 7.05 Å². The van der Waals surface area contributed by atoms with E-state index in [0.717, 1.165) is 40.3 Å². The number of amides is 1. The predicted molar refractivity (Wildman–Crippen MR) is 103 cm³/mol. The highest BCUT2D eigenvalue weighted by Crippen LogP contribution is 2.28. The predicted octanol–water partition coefficient (Wildman–Crippen LogP) is 4.81. The van der Waals surface area contributed by atoms with Gasteiger partial charge in [-0.05, 0) is 30.2 Å². The molecule has 1 amide bonds. The Morgan fingerprint density at radius 1 is 1.20 bits per heavy atom. The first kappa shape index (κ1) is 17.4. The highest BCUT2D eigenvalue weighted by Gasteiger charge is 2.17. The van der Waals surface area contributed by atoms with E-state index in [1.807, 2.05) is 48.1 Å². The van der Waals surface area contributed by atoms with Crippen LogP contribution in [0, 0.1) is 0 Å². The van der Waals surface area contributed by atoms with Crippen molar-refractivity contribution in [2.45, 2.75) is 32.2 Å². The number of benzene rings is 1. The van der Waals surface area contributed by atoms with Crippen LogP contribution in [0.1, 0.15) is 47.5 Å². The number of thiophene rings is 1. The molecule has 5 heteroatoms. The van der Waals surface area contributed by atoms with Gasteiger partial charge in [0, 0.05) is 13.2 Å². The Labute approximate surface area is 152 Å². The van der Waals surface area contributed by atoms with Gasteiger partial charge in [0.25, 0.3) is 5.91 Å².